The highest BCUT2D eigenvalue weighted by molar-refractivity contribution is 7.89. The molecule has 1 aliphatic rings. The minimum absolute atomic E-state index is 0.0536. The van der Waals surface area contributed by atoms with Crippen LogP contribution in [0, 0.1) is 0 Å². The van der Waals surface area contributed by atoms with E-state index in [-0.39, 0.29) is 10.8 Å². The van der Waals surface area contributed by atoms with Crippen LogP contribution in [0.5, 0.6) is 0 Å². The van der Waals surface area contributed by atoms with Crippen molar-refractivity contribution in [2.24, 2.45) is 10.2 Å². The first-order valence-corrected chi connectivity index (χ1v) is 12.1. The molecular formula is C24H25N5O3S. The summed E-state index contributed by atoms with van der Waals surface area (Å²) < 4.78 is 22.6. The highest BCUT2D eigenvalue weighted by Gasteiger charge is 2.22. The SMILES string of the molecule is NS(=O)(=O)c1ccc(N/N=C/c2ccc(N3CCN(C(=O)c4ccccc4)CC3)cc2)cc1. The second-order valence-electron chi connectivity index (χ2n) is 7.68. The van der Waals surface area contributed by atoms with E-state index in [0.29, 0.717) is 18.8 Å². The summed E-state index contributed by atoms with van der Waals surface area (Å²) in [6, 6.07) is 23.5. The molecule has 0 bridgehead atoms. The number of hydrazone groups is 1. The smallest absolute Gasteiger partial charge is 0.253 e. The molecule has 0 aliphatic carbocycles. The van der Waals surface area contributed by atoms with Crippen LogP contribution in [0.25, 0.3) is 0 Å². The zero-order chi connectivity index (χ0) is 23.3. The Balaban J connectivity index is 1.29. The van der Waals surface area contributed by atoms with Gasteiger partial charge >= 0.3 is 0 Å². The van der Waals surface area contributed by atoms with Crippen LogP contribution in [0.4, 0.5) is 11.4 Å². The molecule has 0 spiro atoms. The van der Waals surface area contributed by atoms with Gasteiger partial charge in [-0.2, -0.15) is 5.10 Å². The van der Waals surface area contributed by atoms with Gasteiger partial charge < -0.3 is 9.80 Å². The number of hydrogen-bond donors (Lipinski definition) is 2. The molecule has 1 amide bonds. The number of amides is 1. The van der Waals surface area contributed by atoms with Gasteiger partial charge in [-0.05, 0) is 54.1 Å². The van der Waals surface area contributed by atoms with Gasteiger partial charge in [0.15, 0.2) is 0 Å². The number of piperazine rings is 1. The lowest BCUT2D eigenvalue weighted by Gasteiger charge is -2.36. The number of hydrogen-bond acceptors (Lipinski definition) is 6. The molecule has 0 unspecified atom stereocenters. The lowest BCUT2D eigenvalue weighted by Crippen LogP contribution is -2.48. The van der Waals surface area contributed by atoms with Crippen LogP contribution in [-0.4, -0.2) is 51.6 Å². The Labute approximate surface area is 193 Å². The van der Waals surface area contributed by atoms with E-state index < -0.39 is 10.0 Å². The van der Waals surface area contributed by atoms with E-state index >= 15 is 0 Å². The van der Waals surface area contributed by atoms with E-state index in [1.165, 1.54) is 12.1 Å². The molecule has 1 aliphatic heterocycles. The van der Waals surface area contributed by atoms with Gasteiger partial charge in [-0.1, -0.05) is 30.3 Å². The van der Waals surface area contributed by atoms with E-state index in [9.17, 15) is 13.2 Å². The summed E-state index contributed by atoms with van der Waals surface area (Å²) in [5.74, 6) is 0.0774. The summed E-state index contributed by atoms with van der Waals surface area (Å²) in [6.45, 7) is 2.93. The largest absolute Gasteiger partial charge is 0.368 e. The van der Waals surface area contributed by atoms with Crippen molar-refractivity contribution in [1.29, 1.82) is 0 Å². The number of nitrogens with one attached hydrogen (secondary N) is 1. The molecule has 4 rings (SSSR count). The normalized spacial score (nSPS) is 14.5. The van der Waals surface area contributed by atoms with Gasteiger partial charge in [-0.25, -0.2) is 13.6 Å². The predicted octanol–water partition coefficient (Wildman–Crippen LogP) is 2.74. The fourth-order valence-electron chi connectivity index (χ4n) is 3.60. The second kappa shape index (κ2) is 9.85. The fraction of sp³-hybridized carbons (Fsp3) is 0.167. The standard InChI is InChI=1S/C24H25N5O3S/c25-33(31,32)23-12-8-21(9-13-23)27-26-18-19-6-10-22(11-7-19)28-14-16-29(17-15-28)24(30)20-4-2-1-3-5-20/h1-13,18,27H,14-17H2,(H2,25,31,32)/b26-18+. The summed E-state index contributed by atoms with van der Waals surface area (Å²) in [4.78, 5) is 16.8. The molecular weight excluding hydrogens is 438 g/mol. The number of carbonyl (C=O) groups is 1. The van der Waals surface area contributed by atoms with Crippen molar-refractivity contribution in [3.05, 3.63) is 90.0 Å². The Morgan fingerprint density at radius 2 is 1.52 bits per heavy atom. The average molecular weight is 464 g/mol. The number of nitrogens with zero attached hydrogens (tertiary/aromatic N) is 3. The lowest BCUT2D eigenvalue weighted by molar-refractivity contribution is 0.0747. The van der Waals surface area contributed by atoms with E-state index in [4.69, 9.17) is 5.14 Å². The summed E-state index contributed by atoms with van der Waals surface area (Å²) in [6.07, 6.45) is 1.69. The Morgan fingerprint density at radius 3 is 2.12 bits per heavy atom. The molecule has 170 valence electrons. The maximum absolute atomic E-state index is 12.6. The van der Waals surface area contributed by atoms with Crippen LogP contribution >= 0.6 is 0 Å². The molecule has 33 heavy (non-hydrogen) atoms. The van der Waals surface area contributed by atoms with Crippen molar-refractivity contribution < 1.29 is 13.2 Å². The quantitative estimate of drug-likeness (QED) is 0.432. The molecule has 8 nitrogen and oxygen atoms in total. The zero-order valence-electron chi connectivity index (χ0n) is 18.0. The molecule has 0 radical (unpaired) electrons. The molecule has 0 atom stereocenters. The van der Waals surface area contributed by atoms with Crippen LogP contribution in [0.1, 0.15) is 15.9 Å². The number of sulfonamides is 1. The van der Waals surface area contributed by atoms with E-state index in [0.717, 1.165) is 29.9 Å². The van der Waals surface area contributed by atoms with E-state index in [2.05, 4.69) is 15.4 Å². The van der Waals surface area contributed by atoms with Crippen molar-refractivity contribution in [3.63, 3.8) is 0 Å². The summed E-state index contributed by atoms with van der Waals surface area (Å²) in [5.41, 5.74) is 6.27. The molecule has 1 saturated heterocycles. The monoisotopic (exact) mass is 463 g/mol. The first-order chi connectivity index (χ1) is 15.9. The third-order valence-electron chi connectivity index (χ3n) is 5.44. The van der Waals surface area contributed by atoms with Crippen LogP contribution in [0.15, 0.2) is 88.9 Å². The molecule has 0 aromatic heterocycles. The van der Waals surface area contributed by atoms with Crippen LogP contribution in [0.3, 0.4) is 0 Å². The highest BCUT2D eigenvalue weighted by Crippen LogP contribution is 2.18. The van der Waals surface area contributed by atoms with Gasteiger partial charge in [0.05, 0.1) is 16.8 Å². The Morgan fingerprint density at radius 1 is 0.879 bits per heavy atom. The van der Waals surface area contributed by atoms with E-state index in [1.54, 1.807) is 18.3 Å². The number of primary sulfonamides is 1. The maximum atomic E-state index is 12.6. The number of anilines is 2. The average Bonchev–Trinajstić information content (AvgIpc) is 2.84. The third-order valence-corrected chi connectivity index (χ3v) is 6.37. The van der Waals surface area contributed by atoms with Crippen LogP contribution in [-0.2, 0) is 10.0 Å². The van der Waals surface area contributed by atoms with Gasteiger partial charge in [0.2, 0.25) is 10.0 Å². The minimum atomic E-state index is -3.71. The summed E-state index contributed by atoms with van der Waals surface area (Å²) in [5, 5.41) is 9.29. The number of benzene rings is 3. The first-order valence-electron chi connectivity index (χ1n) is 10.5. The summed E-state index contributed by atoms with van der Waals surface area (Å²) >= 11 is 0. The van der Waals surface area contributed by atoms with Gasteiger partial charge in [0, 0.05) is 37.4 Å². The molecule has 3 aromatic rings. The van der Waals surface area contributed by atoms with Crippen molar-refractivity contribution >= 4 is 33.5 Å². The van der Waals surface area contributed by atoms with Gasteiger partial charge in [0.1, 0.15) is 0 Å². The minimum Gasteiger partial charge on any atom is -0.368 e. The lowest BCUT2D eigenvalue weighted by atomic mass is 10.1. The summed E-state index contributed by atoms with van der Waals surface area (Å²) in [7, 11) is -3.71. The third kappa shape index (κ3) is 5.76. The van der Waals surface area contributed by atoms with Crippen molar-refractivity contribution in [2.75, 3.05) is 36.5 Å². The maximum Gasteiger partial charge on any atom is 0.253 e. The molecule has 3 aromatic carbocycles. The topological polar surface area (TPSA) is 108 Å². The zero-order valence-corrected chi connectivity index (χ0v) is 18.8. The van der Waals surface area contributed by atoms with E-state index in [1.807, 2.05) is 59.5 Å². The number of nitrogens with two attached hydrogens (primary N) is 1. The highest BCUT2D eigenvalue weighted by atomic mass is 32.2. The Bertz CT molecular complexity index is 1220. The molecule has 3 N–H and O–H groups in total. The molecule has 1 heterocycles. The van der Waals surface area contributed by atoms with Crippen LogP contribution in [0.2, 0.25) is 0 Å². The van der Waals surface area contributed by atoms with Gasteiger partial charge in [-0.3, -0.25) is 10.2 Å². The predicted molar refractivity (Wildman–Crippen MR) is 130 cm³/mol. The Hall–Kier alpha value is -3.69. The van der Waals surface area contributed by atoms with Crippen molar-refractivity contribution in [3.8, 4) is 0 Å². The second-order valence-corrected chi connectivity index (χ2v) is 9.24. The number of carbonyl (C=O) groups excluding carboxylic acids is 1. The molecule has 0 saturated carbocycles. The van der Waals surface area contributed by atoms with Crippen molar-refractivity contribution in [1.82, 2.24) is 4.90 Å². The number of rotatable bonds is 6. The molecule has 1 fully saturated rings. The molecule has 9 heteroatoms. The van der Waals surface area contributed by atoms with Crippen molar-refractivity contribution in [2.45, 2.75) is 4.90 Å². The first kappa shape index (κ1) is 22.5. The van der Waals surface area contributed by atoms with Gasteiger partial charge in [0.25, 0.3) is 5.91 Å². The Kier molecular flexibility index (Phi) is 6.71. The fourth-order valence-corrected chi connectivity index (χ4v) is 4.12. The van der Waals surface area contributed by atoms with Gasteiger partial charge in [-0.15, -0.1) is 0 Å². The van der Waals surface area contributed by atoms with Crippen LogP contribution < -0.4 is 15.5 Å².